The van der Waals surface area contributed by atoms with Crippen LogP contribution < -0.4 is 19.8 Å². The van der Waals surface area contributed by atoms with Crippen molar-refractivity contribution in [2.45, 2.75) is 19.8 Å². The van der Waals surface area contributed by atoms with Crippen molar-refractivity contribution >= 4 is 40.2 Å². The number of nitrogens with one attached hydrogen (secondary N) is 1. The molecule has 0 spiro atoms. The molecule has 3 heterocycles. The fourth-order valence-corrected chi connectivity index (χ4v) is 4.78. The van der Waals surface area contributed by atoms with E-state index in [4.69, 9.17) is 9.84 Å². The van der Waals surface area contributed by atoms with Gasteiger partial charge in [0, 0.05) is 30.1 Å². The normalized spacial score (nSPS) is 16.6. The van der Waals surface area contributed by atoms with Crippen LogP contribution in [0.15, 0.2) is 57.9 Å². The van der Waals surface area contributed by atoms with Gasteiger partial charge in [0.2, 0.25) is 4.80 Å². The first-order chi connectivity index (χ1) is 16.1. The van der Waals surface area contributed by atoms with E-state index in [1.807, 2.05) is 47.8 Å². The number of thiazole rings is 1. The van der Waals surface area contributed by atoms with Gasteiger partial charge in [0.05, 0.1) is 17.1 Å². The molecule has 0 radical (unpaired) electrons. The number of unbranched alkanes of at least 4 members (excludes halogenated alkanes) is 1. The quantitative estimate of drug-likeness (QED) is 0.631. The maximum Gasteiger partial charge on any atom is 0.279 e. The number of amides is 2. The van der Waals surface area contributed by atoms with E-state index >= 15 is 0 Å². The van der Waals surface area contributed by atoms with Gasteiger partial charge in [-0.1, -0.05) is 31.5 Å². The first-order valence-electron chi connectivity index (χ1n) is 10.8. The zero-order valence-electron chi connectivity index (χ0n) is 18.4. The number of hydrogen-bond acceptors (Lipinski definition) is 6. The Kier molecular flexibility index (Phi) is 5.55. The standard InChI is InChI=1S/C24H23N5O3S/c1-3-4-11-28-18-8-6-5-7-16(18)22(23(28)31)27-29-19(14-33-24(29)25-2)15-9-10-20-17(12-15)26-21(30)13-32-20/h5-10,12,14H,3-4,11,13H2,1-2H3,(H,26,30). The molecule has 1 aromatic heterocycles. The van der Waals surface area contributed by atoms with Crippen LogP contribution in [-0.2, 0) is 9.59 Å². The van der Waals surface area contributed by atoms with Gasteiger partial charge in [-0.05, 0) is 30.7 Å². The van der Waals surface area contributed by atoms with Crippen LogP contribution in [0.4, 0.5) is 11.4 Å². The summed E-state index contributed by atoms with van der Waals surface area (Å²) in [6, 6.07) is 13.3. The van der Waals surface area contributed by atoms with Crippen molar-refractivity contribution in [3.05, 3.63) is 58.2 Å². The highest BCUT2D eigenvalue weighted by molar-refractivity contribution is 7.07. The van der Waals surface area contributed by atoms with Crippen molar-refractivity contribution in [1.29, 1.82) is 0 Å². The highest BCUT2D eigenvalue weighted by Gasteiger charge is 2.34. The Labute approximate surface area is 194 Å². The van der Waals surface area contributed by atoms with Gasteiger partial charge in [-0.3, -0.25) is 14.6 Å². The van der Waals surface area contributed by atoms with Crippen molar-refractivity contribution in [2.75, 3.05) is 30.4 Å². The molecule has 168 valence electrons. The van der Waals surface area contributed by atoms with Crippen LogP contribution in [0.1, 0.15) is 25.3 Å². The zero-order chi connectivity index (χ0) is 22.9. The van der Waals surface area contributed by atoms with Crippen molar-refractivity contribution < 1.29 is 14.3 Å². The molecule has 0 unspecified atom stereocenters. The lowest BCUT2D eigenvalue weighted by Gasteiger charge is -2.18. The summed E-state index contributed by atoms with van der Waals surface area (Å²) >= 11 is 1.44. The Morgan fingerprint density at radius 1 is 1.18 bits per heavy atom. The molecule has 2 aliphatic heterocycles. The second-order valence-corrected chi connectivity index (χ2v) is 8.60. The first kappa shape index (κ1) is 21.1. The molecule has 2 aromatic carbocycles. The second-order valence-electron chi connectivity index (χ2n) is 7.76. The molecular weight excluding hydrogens is 438 g/mol. The minimum atomic E-state index is -0.192. The molecule has 0 bridgehead atoms. The smallest absolute Gasteiger partial charge is 0.279 e. The average molecular weight is 462 g/mol. The first-order valence-corrected chi connectivity index (χ1v) is 11.7. The summed E-state index contributed by atoms with van der Waals surface area (Å²) in [7, 11) is 1.70. The van der Waals surface area contributed by atoms with E-state index in [0.717, 1.165) is 35.3 Å². The number of benzene rings is 2. The number of anilines is 2. The molecule has 33 heavy (non-hydrogen) atoms. The largest absolute Gasteiger partial charge is 0.482 e. The van der Waals surface area contributed by atoms with Crippen LogP contribution in [0.2, 0.25) is 0 Å². The molecule has 0 atom stereocenters. The maximum atomic E-state index is 13.4. The van der Waals surface area contributed by atoms with Crippen LogP contribution >= 0.6 is 11.3 Å². The fourth-order valence-electron chi connectivity index (χ4n) is 3.98. The number of carbonyl (C=O) groups is 2. The predicted octanol–water partition coefficient (Wildman–Crippen LogP) is 3.48. The van der Waals surface area contributed by atoms with Gasteiger partial charge in [-0.25, -0.2) is 4.68 Å². The van der Waals surface area contributed by atoms with E-state index in [9.17, 15) is 9.59 Å². The fraction of sp³-hybridized carbons (Fsp3) is 0.250. The number of aromatic nitrogens is 1. The molecule has 5 rings (SSSR count). The number of rotatable bonds is 5. The molecule has 0 saturated carbocycles. The summed E-state index contributed by atoms with van der Waals surface area (Å²) in [5.41, 5.74) is 4.31. The third-order valence-electron chi connectivity index (χ3n) is 5.62. The number of ether oxygens (including phenoxy) is 1. The zero-order valence-corrected chi connectivity index (χ0v) is 19.2. The Morgan fingerprint density at radius 2 is 2.03 bits per heavy atom. The molecule has 3 aromatic rings. The SMILES string of the molecule is CCCCN1C(=O)C(=Nn2c(-c3ccc4c(c3)NC(=O)CO4)csc2=NC)c2ccccc21. The van der Waals surface area contributed by atoms with E-state index in [1.165, 1.54) is 11.3 Å². The van der Waals surface area contributed by atoms with Crippen molar-refractivity contribution in [1.82, 2.24) is 4.68 Å². The van der Waals surface area contributed by atoms with Crippen LogP contribution in [0, 0.1) is 0 Å². The number of fused-ring (bicyclic) bond motifs is 2. The Morgan fingerprint density at radius 3 is 2.85 bits per heavy atom. The molecule has 0 fully saturated rings. The van der Waals surface area contributed by atoms with Crippen molar-refractivity contribution in [2.24, 2.45) is 10.1 Å². The molecule has 0 aliphatic carbocycles. The number of hydrogen-bond donors (Lipinski definition) is 1. The van der Waals surface area contributed by atoms with Crippen LogP contribution in [0.25, 0.3) is 11.3 Å². The van der Waals surface area contributed by atoms with Crippen LogP contribution in [-0.4, -0.2) is 42.4 Å². The number of carbonyl (C=O) groups excluding carboxylic acids is 2. The van der Waals surface area contributed by atoms with Crippen LogP contribution in [0.5, 0.6) is 5.75 Å². The lowest BCUT2D eigenvalue weighted by Crippen LogP contribution is -2.31. The van der Waals surface area contributed by atoms with Gasteiger partial charge in [-0.2, -0.15) is 5.10 Å². The molecule has 9 heteroatoms. The molecule has 0 saturated heterocycles. The van der Waals surface area contributed by atoms with E-state index in [1.54, 1.807) is 16.6 Å². The highest BCUT2D eigenvalue weighted by Crippen LogP contribution is 2.34. The summed E-state index contributed by atoms with van der Waals surface area (Å²) in [6.45, 7) is 2.77. The van der Waals surface area contributed by atoms with Gasteiger partial charge in [-0.15, -0.1) is 11.3 Å². The van der Waals surface area contributed by atoms with Gasteiger partial charge in [0.15, 0.2) is 12.3 Å². The molecule has 2 aliphatic rings. The predicted molar refractivity (Wildman–Crippen MR) is 129 cm³/mol. The van der Waals surface area contributed by atoms with Gasteiger partial charge < -0.3 is 15.0 Å². The minimum Gasteiger partial charge on any atom is -0.482 e. The van der Waals surface area contributed by atoms with E-state index < -0.39 is 0 Å². The highest BCUT2D eigenvalue weighted by atomic mass is 32.1. The summed E-state index contributed by atoms with van der Waals surface area (Å²) < 4.78 is 7.18. The third-order valence-corrected chi connectivity index (χ3v) is 6.53. The lowest BCUT2D eigenvalue weighted by molar-refractivity contribution is -0.118. The van der Waals surface area contributed by atoms with Crippen molar-refractivity contribution in [3.8, 4) is 17.0 Å². The lowest BCUT2D eigenvalue weighted by atomic mass is 10.1. The molecular formula is C24H23N5O3S. The Hall–Kier alpha value is -3.72. The van der Waals surface area contributed by atoms with E-state index in [-0.39, 0.29) is 18.4 Å². The number of para-hydroxylation sites is 1. The third kappa shape index (κ3) is 3.74. The number of nitrogens with zero attached hydrogens (tertiary/aromatic N) is 4. The maximum absolute atomic E-state index is 13.4. The molecule has 8 nitrogen and oxygen atoms in total. The second kappa shape index (κ2) is 8.67. The summed E-state index contributed by atoms with van der Waals surface area (Å²) in [4.78, 5) is 31.9. The Bertz CT molecular complexity index is 1350. The molecule has 2 amide bonds. The summed E-state index contributed by atoms with van der Waals surface area (Å²) in [5, 5.41) is 9.60. The van der Waals surface area contributed by atoms with Crippen molar-refractivity contribution in [3.63, 3.8) is 0 Å². The minimum absolute atomic E-state index is 0.00731. The summed E-state index contributed by atoms with van der Waals surface area (Å²) in [6.07, 6.45) is 1.92. The van der Waals surface area contributed by atoms with Gasteiger partial charge in [0.1, 0.15) is 5.75 Å². The van der Waals surface area contributed by atoms with Gasteiger partial charge in [0.25, 0.3) is 11.8 Å². The monoisotopic (exact) mass is 461 g/mol. The average Bonchev–Trinajstić information content (AvgIpc) is 3.36. The topological polar surface area (TPSA) is 88.3 Å². The van der Waals surface area contributed by atoms with Crippen LogP contribution in [0.3, 0.4) is 0 Å². The van der Waals surface area contributed by atoms with E-state index in [0.29, 0.717) is 28.5 Å². The summed E-state index contributed by atoms with van der Waals surface area (Å²) in [5.74, 6) is 0.323. The van der Waals surface area contributed by atoms with E-state index in [2.05, 4.69) is 17.2 Å². The molecule has 1 N–H and O–H groups in total. The Balaban J connectivity index is 1.62. The van der Waals surface area contributed by atoms with Gasteiger partial charge >= 0.3 is 0 Å².